The van der Waals surface area contributed by atoms with E-state index >= 15 is 0 Å². The molecule has 0 radical (unpaired) electrons. The summed E-state index contributed by atoms with van der Waals surface area (Å²) in [4.78, 5) is 14.5. The van der Waals surface area contributed by atoms with Crippen LogP contribution in [0.1, 0.15) is 32.1 Å². The van der Waals surface area contributed by atoms with E-state index in [2.05, 4.69) is 9.68 Å². The second-order valence-corrected chi connectivity index (χ2v) is 7.48. The van der Waals surface area contributed by atoms with Gasteiger partial charge in [0.1, 0.15) is 0 Å². The molecule has 0 atom stereocenters. The summed E-state index contributed by atoms with van der Waals surface area (Å²) in [5.74, 6) is 0. The zero-order valence-electron chi connectivity index (χ0n) is 13.2. The van der Waals surface area contributed by atoms with Gasteiger partial charge < -0.3 is 5.32 Å². The van der Waals surface area contributed by atoms with Crippen molar-refractivity contribution < 1.29 is 4.79 Å². The zero-order chi connectivity index (χ0) is 15.9. The van der Waals surface area contributed by atoms with E-state index in [1.54, 1.807) is 0 Å². The van der Waals surface area contributed by atoms with Gasteiger partial charge in [0.05, 0.1) is 0 Å². The molecule has 1 aliphatic carbocycles. The van der Waals surface area contributed by atoms with Crippen LogP contribution in [0.25, 0.3) is 0 Å². The Hall–Kier alpha value is -1.94. The molecule has 2 aromatic rings. The molecule has 1 saturated carbocycles. The summed E-state index contributed by atoms with van der Waals surface area (Å²) in [6.07, 6.45) is 5.83. The van der Waals surface area contributed by atoms with Crippen molar-refractivity contribution in [2.75, 3.05) is 0 Å². The summed E-state index contributed by atoms with van der Waals surface area (Å²) in [6.45, 7) is 0. The van der Waals surface area contributed by atoms with Crippen molar-refractivity contribution in [1.82, 2.24) is 5.32 Å². The van der Waals surface area contributed by atoms with Crippen LogP contribution in [0.4, 0.5) is 4.79 Å². The first-order chi connectivity index (χ1) is 11.3. The smallest absolute Gasteiger partial charge is 0.333 e. The fourth-order valence-corrected chi connectivity index (χ4v) is 4.40. The van der Waals surface area contributed by atoms with Crippen LogP contribution >= 0.6 is 0 Å². The first-order valence-corrected chi connectivity index (χ1v) is 9.38. The molecular weight excluding hydrogens is 304 g/mol. The van der Waals surface area contributed by atoms with E-state index in [0.717, 1.165) is 22.6 Å². The molecule has 1 N–H and O–H groups in total. The van der Waals surface area contributed by atoms with Crippen molar-refractivity contribution in [3.63, 3.8) is 0 Å². The van der Waals surface area contributed by atoms with E-state index < -0.39 is 10.7 Å². The van der Waals surface area contributed by atoms with Gasteiger partial charge in [0.25, 0.3) is 0 Å². The Bertz CT molecular complexity index is 623. The van der Waals surface area contributed by atoms with Crippen LogP contribution < -0.4 is 5.32 Å². The minimum Gasteiger partial charge on any atom is -0.333 e. The fourth-order valence-electron chi connectivity index (χ4n) is 2.87. The molecule has 0 aromatic heterocycles. The first kappa shape index (κ1) is 15.9. The largest absolute Gasteiger partial charge is 0.347 e. The van der Waals surface area contributed by atoms with Crippen LogP contribution in [-0.2, 0) is 10.7 Å². The average Bonchev–Trinajstić information content (AvgIpc) is 2.62. The van der Waals surface area contributed by atoms with Crippen LogP contribution in [0.15, 0.2) is 74.8 Å². The van der Waals surface area contributed by atoms with Gasteiger partial charge in [-0.2, -0.15) is 4.36 Å². The highest BCUT2D eigenvalue weighted by Crippen LogP contribution is 2.20. The molecular formula is C19H22N2OS. The molecule has 0 unspecified atom stereocenters. The van der Waals surface area contributed by atoms with Crippen molar-refractivity contribution in [2.24, 2.45) is 4.36 Å². The molecule has 1 fully saturated rings. The number of carbonyl (C=O) groups is 1. The summed E-state index contributed by atoms with van der Waals surface area (Å²) < 4.78 is 4.49. The summed E-state index contributed by atoms with van der Waals surface area (Å²) >= 11 is 0. The molecule has 23 heavy (non-hydrogen) atoms. The van der Waals surface area contributed by atoms with Gasteiger partial charge in [-0.15, -0.1) is 0 Å². The number of carbonyl (C=O) groups excluding carboxylic acids is 1. The van der Waals surface area contributed by atoms with E-state index in [-0.39, 0.29) is 12.1 Å². The first-order valence-electron chi connectivity index (χ1n) is 8.20. The molecule has 0 heterocycles. The van der Waals surface area contributed by atoms with Gasteiger partial charge in [-0.25, -0.2) is 4.79 Å². The molecule has 3 nitrogen and oxygen atoms in total. The monoisotopic (exact) mass is 326 g/mol. The van der Waals surface area contributed by atoms with E-state index in [4.69, 9.17) is 0 Å². The predicted molar refractivity (Wildman–Crippen MR) is 94.6 cm³/mol. The van der Waals surface area contributed by atoms with Crippen molar-refractivity contribution >= 4 is 16.7 Å². The van der Waals surface area contributed by atoms with E-state index in [0.29, 0.717) is 0 Å². The minimum atomic E-state index is -0.573. The summed E-state index contributed by atoms with van der Waals surface area (Å²) in [7, 11) is -0.573. The van der Waals surface area contributed by atoms with E-state index in [1.807, 2.05) is 60.7 Å². The number of nitrogens with zero attached hydrogens (tertiary/aromatic N) is 1. The maximum absolute atomic E-state index is 12.4. The zero-order valence-corrected chi connectivity index (χ0v) is 14.0. The third kappa shape index (κ3) is 4.52. The van der Waals surface area contributed by atoms with Crippen molar-refractivity contribution in [3.8, 4) is 0 Å². The van der Waals surface area contributed by atoms with Gasteiger partial charge in [-0.1, -0.05) is 55.7 Å². The predicted octanol–water partition coefficient (Wildman–Crippen LogP) is 4.95. The second-order valence-electron chi connectivity index (χ2n) is 5.79. The molecule has 4 heteroatoms. The maximum atomic E-state index is 12.4. The maximum Gasteiger partial charge on any atom is 0.347 e. The van der Waals surface area contributed by atoms with Crippen LogP contribution in [0.3, 0.4) is 0 Å². The van der Waals surface area contributed by atoms with E-state index in [1.165, 1.54) is 19.3 Å². The fraction of sp³-hybridized carbons (Fsp3) is 0.316. The molecule has 120 valence electrons. The molecule has 2 amide bonds. The number of hydrogen-bond donors (Lipinski definition) is 1. The SMILES string of the molecule is O=C(N=S(c1ccccc1)c1ccccc1)NC1CCCCC1. The Morgan fingerprint density at radius 3 is 1.91 bits per heavy atom. The minimum absolute atomic E-state index is 0.187. The van der Waals surface area contributed by atoms with Crippen LogP contribution in [0, 0.1) is 0 Å². The van der Waals surface area contributed by atoms with Crippen LogP contribution in [-0.4, -0.2) is 12.1 Å². The molecule has 0 spiro atoms. The molecule has 0 saturated heterocycles. The Kier molecular flexibility index (Phi) is 5.59. The highest BCUT2D eigenvalue weighted by molar-refractivity contribution is 7.87. The van der Waals surface area contributed by atoms with Gasteiger partial charge >= 0.3 is 6.03 Å². The number of rotatable bonds is 3. The highest BCUT2D eigenvalue weighted by Gasteiger charge is 2.16. The van der Waals surface area contributed by atoms with Crippen molar-refractivity contribution in [2.45, 2.75) is 47.9 Å². The lowest BCUT2D eigenvalue weighted by atomic mass is 9.96. The normalized spacial score (nSPS) is 15.3. The van der Waals surface area contributed by atoms with E-state index in [9.17, 15) is 4.79 Å². The molecule has 0 aliphatic heterocycles. The van der Waals surface area contributed by atoms with Crippen molar-refractivity contribution in [1.29, 1.82) is 0 Å². The Morgan fingerprint density at radius 2 is 1.39 bits per heavy atom. The number of urea groups is 1. The highest BCUT2D eigenvalue weighted by atomic mass is 32.2. The summed E-state index contributed by atoms with van der Waals surface area (Å²) in [6, 6.07) is 20.2. The number of nitrogens with one attached hydrogen (secondary N) is 1. The van der Waals surface area contributed by atoms with Gasteiger partial charge in [-0.3, -0.25) is 0 Å². The van der Waals surface area contributed by atoms with Crippen LogP contribution in [0.2, 0.25) is 0 Å². The van der Waals surface area contributed by atoms with Crippen molar-refractivity contribution in [3.05, 3.63) is 60.7 Å². The Morgan fingerprint density at radius 1 is 0.870 bits per heavy atom. The summed E-state index contributed by atoms with van der Waals surface area (Å²) in [5.41, 5.74) is 0. The average molecular weight is 326 g/mol. The lowest BCUT2D eigenvalue weighted by molar-refractivity contribution is 0.241. The number of hydrogen-bond acceptors (Lipinski definition) is 1. The summed E-state index contributed by atoms with van der Waals surface area (Å²) in [5, 5.41) is 3.09. The second kappa shape index (κ2) is 8.06. The lowest BCUT2D eigenvalue weighted by Gasteiger charge is -2.21. The van der Waals surface area contributed by atoms with Crippen LogP contribution in [0.5, 0.6) is 0 Å². The third-order valence-electron chi connectivity index (χ3n) is 4.04. The molecule has 1 aliphatic rings. The Labute approximate surface area is 140 Å². The number of amides is 2. The molecule has 3 rings (SSSR count). The quantitative estimate of drug-likeness (QED) is 0.852. The third-order valence-corrected chi connectivity index (χ3v) is 5.83. The molecule has 2 aromatic carbocycles. The topological polar surface area (TPSA) is 41.5 Å². The van der Waals surface area contributed by atoms with Gasteiger partial charge in [0.2, 0.25) is 0 Å². The molecule has 0 bridgehead atoms. The number of benzene rings is 2. The van der Waals surface area contributed by atoms with Gasteiger partial charge in [0.15, 0.2) is 0 Å². The van der Waals surface area contributed by atoms with Gasteiger partial charge in [0, 0.05) is 15.8 Å². The Balaban J connectivity index is 1.84. The standard InChI is InChI=1S/C19H22N2OS/c22-19(20-16-10-4-1-5-11-16)21-23(17-12-6-2-7-13-17)18-14-8-3-9-15-18/h2-3,6-9,12-16H,1,4-5,10-11H2,(H,20,22). The van der Waals surface area contributed by atoms with Gasteiger partial charge in [-0.05, 0) is 47.8 Å². The lowest BCUT2D eigenvalue weighted by Crippen LogP contribution is -2.34.